The van der Waals surface area contributed by atoms with Crippen molar-refractivity contribution in [1.82, 2.24) is 4.90 Å². The van der Waals surface area contributed by atoms with E-state index in [0.717, 1.165) is 19.4 Å². The van der Waals surface area contributed by atoms with E-state index in [1.807, 2.05) is 30.2 Å². The highest BCUT2D eigenvalue weighted by molar-refractivity contribution is 7.49. The molecule has 0 atom stereocenters. The molecule has 0 radical (unpaired) electrons. The number of nitrogens with zero attached hydrogens (tertiary/aromatic N) is 1. The summed E-state index contributed by atoms with van der Waals surface area (Å²) in [6, 6.07) is 17.8. The summed E-state index contributed by atoms with van der Waals surface area (Å²) in [5.74, 6) is 1.36. The Morgan fingerprint density at radius 3 is 1.92 bits per heavy atom. The van der Waals surface area contributed by atoms with Gasteiger partial charge in [0.05, 0.1) is 0 Å². The number of phosphoric ester groups is 1. The molecule has 2 aromatic carbocycles. The maximum atomic E-state index is 13.2. The first-order valence-electron chi connectivity index (χ1n) is 7.85. The summed E-state index contributed by atoms with van der Waals surface area (Å²) in [6.07, 6.45) is 3.81. The second-order valence-corrected chi connectivity index (χ2v) is 6.90. The fourth-order valence-corrected chi connectivity index (χ4v) is 3.63. The zero-order chi connectivity index (χ0) is 16.8. The van der Waals surface area contributed by atoms with Crippen LogP contribution < -0.4 is 9.05 Å². The van der Waals surface area contributed by atoms with E-state index in [2.05, 4.69) is 0 Å². The molecule has 6 heteroatoms. The number of allylic oxidation sites excluding steroid dienone is 1. The molecule has 1 aliphatic heterocycles. The Balaban J connectivity index is 1.85. The van der Waals surface area contributed by atoms with Crippen LogP contribution in [0.3, 0.4) is 0 Å². The van der Waals surface area contributed by atoms with Crippen molar-refractivity contribution in [3.05, 3.63) is 72.6 Å². The molecule has 0 saturated carbocycles. The van der Waals surface area contributed by atoms with Gasteiger partial charge in [-0.15, -0.1) is 0 Å². The van der Waals surface area contributed by atoms with E-state index >= 15 is 0 Å². The highest BCUT2D eigenvalue weighted by Gasteiger charge is 2.35. The van der Waals surface area contributed by atoms with E-state index in [-0.39, 0.29) is 0 Å². The number of hydrogen-bond donors (Lipinski definition) is 0. The normalized spacial score (nSPS) is 14.7. The van der Waals surface area contributed by atoms with Crippen molar-refractivity contribution in [2.24, 2.45) is 0 Å². The molecule has 3 rings (SSSR count). The van der Waals surface area contributed by atoms with Gasteiger partial charge >= 0.3 is 7.82 Å². The number of phosphoric acid groups is 1. The van der Waals surface area contributed by atoms with Crippen LogP contribution in [0.25, 0.3) is 0 Å². The van der Waals surface area contributed by atoms with Crippen molar-refractivity contribution in [3.8, 4) is 11.5 Å². The van der Waals surface area contributed by atoms with E-state index in [1.54, 1.807) is 48.5 Å². The first-order valence-corrected chi connectivity index (χ1v) is 9.31. The predicted octanol–water partition coefficient (Wildman–Crippen LogP) is 4.84. The van der Waals surface area contributed by atoms with Crippen molar-refractivity contribution in [2.75, 3.05) is 13.6 Å². The maximum absolute atomic E-state index is 13.2. The van der Waals surface area contributed by atoms with E-state index in [9.17, 15) is 4.57 Å². The lowest BCUT2D eigenvalue weighted by molar-refractivity contribution is 0.181. The minimum absolute atomic E-state index is 0.427. The quantitative estimate of drug-likeness (QED) is 0.702. The molecule has 0 amide bonds. The molecule has 126 valence electrons. The van der Waals surface area contributed by atoms with Crippen LogP contribution in [0.15, 0.2) is 72.6 Å². The Bertz CT molecular complexity index is 688. The molecule has 0 aliphatic carbocycles. The van der Waals surface area contributed by atoms with Gasteiger partial charge in [0.2, 0.25) is 0 Å². The van der Waals surface area contributed by atoms with Gasteiger partial charge < -0.3 is 18.5 Å². The summed E-state index contributed by atoms with van der Waals surface area (Å²) >= 11 is 0. The standard InChI is InChI=1S/C18H20NO4P/c1-19-15-9-8-14-18(19)23-24(20,21-16-10-4-2-5-11-16)22-17-12-6-3-7-13-17/h2-7,10-14H,8-9,15H2,1H3. The zero-order valence-electron chi connectivity index (χ0n) is 13.5. The average Bonchev–Trinajstić information content (AvgIpc) is 2.58. The lowest BCUT2D eigenvalue weighted by Gasteiger charge is -2.28. The first-order chi connectivity index (χ1) is 11.6. The van der Waals surface area contributed by atoms with E-state index in [4.69, 9.17) is 13.6 Å². The Morgan fingerprint density at radius 2 is 1.42 bits per heavy atom. The highest BCUT2D eigenvalue weighted by Crippen LogP contribution is 2.51. The van der Waals surface area contributed by atoms with Gasteiger partial charge in [-0.2, -0.15) is 4.57 Å². The van der Waals surface area contributed by atoms with Gasteiger partial charge in [-0.05, 0) is 43.2 Å². The predicted molar refractivity (Wildman–Crippen MR) is 92.8 cm³/mol. The lowest BCUT2D eigenvalue weighted by atomic mass is 10.2. The van der Waals surface area contributed by atoms with Crippen LogP contribution in [0, 0.1) is 0 Å². The van der Waals surface area contributed by atoms with Gasteiger partial charge in [-0.25, -0.2) is 0 Å². The molecular weight excluding hydrogens is 325 g/mol. The SMILES string of the molecule is CN1CCCC=C1OP(=O)(Oc1ccccc1)Oc1ccccc1. The lowest BCUT2D eigenvalue weighted by Crippen LogP contribution is -2.24. The maximum Gasteiger partial charge on any atom is 0.648 e. The van der Waals surface area contributed by atoms with Crippen LogP contribution in [-0.4, -0.2) is 18.5 Å². The highest BCUT2D eigenvalue weighted by atomic mass is 31.2. The van der Waals surface area contributed by atoms with Gasteiger partial charge in [-0.1, -0.05) is 36.4 Å². The Morgan fingerprint density at radius 1 is 0.875 bits per heavy atom. The molecule has 0 saturated heterocycles. The van der Waals surface area contributed by atoms with Crippen molar-refractivity contribution in [1.29, 1.82) is 0 Å². The van der Waals surface area contributed by atoms with Crippen LogP contribution >= 0.6 is 7.82 Å². The smallest absolute Gasteiger partial charge is 0.386 e. The first kappa shape index (κ1) is 16.5. The second kappa shape index (κ2) is 7.45. The minimum atomic E-state index is -3.88. The Kier molecular flexibility index (Phi) is 5.11. The molecule has 5 nitrogen and oxygen atoms in total. The molecule has 0 unspecified atom stereocenters. The summed E-state index contributed by atoms with van der Waals surface area (Å²) in [5, 5.41) is 0. The molecule has 2 aromatic rings. The molecule has 0 spiro atoms. The van der Waals surface area contributed by atoms with Gasteiger partial charge in [0.1, 0.15) is 11.5 Å². The minimum Gasteiger partial charge on any atom is -0.386 e. The van der Waals surface area contributed by atoms with Crippen molar-refractivity contribution < 1.29 is 18.1 Å². The van der Waals surface area contributed by atoms with Gasteiger partial charge in [0.25, 0.3) is 0 Å². The molecule has 0 bridgehead atoms. The molecule has 0 N–H and O–H groups in total. The molecule has 1 aliphatic rings. The monoisotopic (exact) mass is 345 g/mol. The van der Waals surface area contributed by atoms with E-state index < -0.39 is 7.82 Å². The molecule has 24 heavy (non-hydrogen) atoms. The summed E-state index contributed by atoms with van der Waals surface area (Å²) in [6.45, 7) is 0.836. The topological polar surface area (TPSA) is 48.0 Å². The van der Waals surface area contributed by atoms with Gasteiger partial charge in [0.15, 0.2) is 5.88 Å². The van der Waals surface area contributed by atoms with Crippen molar-refractivity contribution in [2.45, 2.75) is 12.8 Å². The summed E-state index contributed by atoms with van der Waals surface area (Å²) < 4.78 is 30.1. The third-order valence-electron chi connectivity index (χ3n) is 3.52. The molecule has 0 fully saturated rings. The number of benzene rings is 2. The van der Waals surface area contributed by atoms with Gasteiger partial charge in [0, 0.05) is 13.6 Å². The zero-order valence-corrected chi connectivity index (χ0v) is 14.4. The van der Waals surface area contributed by atoms with Crippen LogP contribution in [0.4, 0.5) is 0 Å². The average molecular weight is 345 g/mol. The fourth-order valence-electron chi connectivity index (χ4n) is 2.32. The van der Waals surface area contributed by atoms with Crippen molar-refractivity contribution >= 4 is 7.82 Å². The van der Waals surface area contributed by atoms with E-state index in [1.165, 1.54) is 0 Å². The van der Waals surface area contributed by atoms with Crippen LogP contribution in [0.2, 0.25) is 0 Å². The summed E-state index contributed by atoms with van der Waals surface area (Å²) in [4.78, 5) is 1.90. The van der Waals surface area contributed by atoms with E-state index in [0.29, 0.717) is 17.4 Å². The fraction of sp³-hybridized carbons (Fsp3) is 0.222. The van der Waals surface area contributed by atoms with Crippen LogP contribution in [0.1, 0.15) is 12.8 Å². The van der Waals surface area contributed by atoms with Gasteiger partial charge in [-0.3, -0.25) is 0 Å². The Hall–Kier alpha value is -2.39. The largest absolute Gasteiger partial charge is 0.648 e. The number of hydrogen-bond acceptors (Lipinski definition) is 5. The summed E-state index contributed by atoms with van der Waals surface area (Å²) in [7, 11) is -1.99. The Labute approximate surface area is 142 Å². The van der Waals surface area contributed by atoms with Crippen LogP contribution in [-0.2, 0) is 9.09 Å². The third-order valence-corrected chi connectivity index (χ3v) is 4.80. The summed E-state index contributed by atoms with van der Waals surface area (Å²) in [5.41, 5.74) is 0. The molecule has 1 heterocycles. The molecular formula is C18H20NO4P. The third kappa shape index (κ3) is 4.33. The number of rotatable bonds is 6. The second-order valence-electron chi connectivity index (χ2n) is 5.45. The number of para-hydroxylation sites is 2. The molecule has 0 aromatic heterocycles. The van der Waals surface area contributed by atoms with Crippen LogP contribution in [0.5, 0.6) is 11.5 Å². The van der Waals surface area contributed by atoms with Crippen molar-refractivity contribution in [3.63, 3.8) is 0 Å².